The van der Waals surface area contributed by atoms with Gasteiger partial charge in [-0.25, -0.2) is 4.39 Å². The first-order chi connectivity index (χ1) is 9.31. The Morgan fingerprint density at radius 1 is 1.35 bits per heavy atom. The molecule has 0 saturated carbocycles. The van der Waals surface area contributed by atoms with E-state index >= 15 is 0 Å². The molecule has 0 aliphatic rings. The van der Waals surface area contributed by atoms with Crippen molar-refractivity contribution in [1.29, 1.82) is 0 Å². The van der Waals surface area contributed by atoms with Crippen molar-refractivity contribution in [2.24, 2.45) is 0 Å². The van der Waals surface area contributed by atoms with E-state index in [1.165, 1.54) is 12.1 Å². The van der Waals surface area contributed by atoms with Crippen molar-refractivity contribution in [3.63, 3.8) is 0 Å². The van der Waals surface area contributed by atoms with Crippen LogP contribution in [0.3, 0.4) is 0 Å². The van der Waals surface area contributed by atoms with E-state index in [2.05, 4.69) is 26.0 Å². The van der Waals surface area contributed by atoms with Crippen molar-refractivity contribution in [2.75, 3.05) is 19.8 Å². The minimum absolute atomic E-state index is 0.0870. The maximum atomic E-state index is 13.2. The van der Waals surface area contributed by atoms with Crippen LogP contribution in [-0.2, 0) is 11.2 Å². The number of benzene rings is 1. The minimum Gasteiger partial charge on any atom is -0.370 e. The zero-order chi connectivity index (χ0) is 15.2. The summed E-state index contributed by atoms with van der Waals surface area (Å²) in [6.45, 7) is 1.07. The Balaban J connectivity index is 2.60. The highest BCUT2D eigenvalue weighted by molar-refractivity contribution is 9.10. The zero-order valence-electron chi connectivity index (χ0n) is 10.9. The lowest BCUT2D eigenvalue weighted by molar-refractivity contribution is -0.175. The third-order valence-electron chi connectivity index (χ3n) is 2.55. The van der Waals surface area contributed by atoms with Crippen LogP contribution in [0.25, 0.3) is 0 Å². The summed E-state index contributed by atoms with van der Waals surface area (Å²) in [5, 5.41) is 3.03. The van der Waals surface area contributed by atoms with Gasteiger partial charge in [-0.05, 0) is 36.7 Å². The predicted octanol–water partition coefficient (Wildman–Crippen LogP) is 3.69. The van der Waals surface area contributed by atoms with Crippen molar-refractivity contribution in [2.45, 2.75) is 25.6 Å². The number of likely N-dealkylation sites (N-methyl/N-ethyl adjacent to an activating group) is 1. The van der Waals surface area contributed by atoms with Crippen LogP contribution in [0, 0.1) is 5.82 Å². The van der Waals surface area contributed by atoms with Crippen molar-refractivity contribution in [3.8, 4) is 0 Å². The van der Waals surface area contributed by atoms with Gasteiger partial charge in [0.05, 0.1) is 6.61 Å². The molecule has 2 nitrogen and oxygen atoms in total. The molecule has 1 atom stereocenters. The Bertz CT molecular complexity index is 425. The van der Waals surface area contributed by atoms with Gasteiger partial charge in [0.25, 0.3) is 0 Å². The quantitative estimate of drug-likeness (QED) is 0.751. The molecule has 1 rings (SSSR count). The van der Waals surface area contributed by atoms with Crippen molar-refractivity contribution < 1.29 is 22.3 Å². The fourth-order valence-corrected chi connectivity index (χ4v) is 2.17. The van der Waals surface area contributed by atoms with Crippen LogP contribution < -0.4 is 5.32 Å². The Hall–Kier alpha value is -0.660. The number of rotatable bonds is 7. The van der Waals surface area contributed by atoms with Crippen LogP contribution in [0.1, 0.15) is 12.5 Å². The topological polar surface area (TPSA) is 21.3 Å². The zero-order valence-corrected chi connectivity index (χ0v) is 12.5. The molecule has 1 unspecified atom stereocenters. The van der Waals surface area contributed by atoms with Crippen molar-refractivity contribution >= 4 is 15.9 Å². The lowest BCUT2D eigenvalue weighted by Gasteiger charge is -2.19. The smallest absolute Gasteiger partial charge is 0.370 e. The van der Waals surface area contributed by atoms with E-state index in [1.54, 1.807) is 6.07 Å². The second-order valence-corrected chi connectivity index (χ2v) is 5.18. The summed E-state index contributed by atoms with van der Waals surface area (Å²) in [7, 11) is 0. The molecule has 0 fully saturated rings. The third-order valence-corrected chi connectivity index (χ3v) is 3.33. The van der Waals surface area contributed by atoms with Crippen LogP contribution in [0.2, 0.25) is 0 Å². The molecule has 0 bridgehead atoms. The first-order valence-corrected chi connectivity index (χ1v) is 6.93. The van der Waals surface area contributed by atoms with Gasteiger partial charge in [0.15, 0.2) is 0 Å². The first-order valence-electron chi connectivity index (χ1n) is 6.13. The monoisotopic (exact) mass is 357 g/mol. The second-order valence-electron chi connectivity index (χ2n) is 4.32. The Kier molecular flexibility index (Phi) is 6.91. The van der Waals surface area contributed by atoms with E-state index in [0.717, 1.165) is 4.47 Å². The van der Waals surface area contributed by atoms with Gasteiger partial charge < -0.3 is 10.1 Å². The van der Waals surface area contributed by atoms with E-state index in [1.807, 2.05) is 6.92 Å². The molecule has 1 aromatic carbocycles. The SMILES string of the molecule is CCNC(COCC(F)(F)F)Cc1cc(F)ccc1Br. The maximum absolute atomic E-state index is 13.2. The van der Waals surface area contributed by atoms with E-state index in [0.29, 0.717) is 18.5 Å². The Labute approximate surface area is 123 Å². The Morgan fingerprint density at radius 2 is 2.05 bits per heavy atom. The standard InChI is InChI=1S/C13H16BrF4NO/c1-2-19-11(7-20-8-13(16,17)18)6-9-5-10(15)3-4-12(9)14/h3-5,11,19H,2,6-8H2,1H3. The van der Waals surface area contributed by atoms with Gasteiger partial charge >= 0.3 is 6.18 Å². The Morgan fingerprint density at radius 3 is 2.65 bits per heavy atom. The average molecular weight is 358 g/mol. The van der Waals surface area contributed by atoms with Gasteiger partial charge in [0.1, 0.15) is 12.4 Å². The number of alkyl halides is 3. The lowest BCUT2D eigenvalue weighted by atomic mass is 10.1. The number of halogens is 5. The summed E-state index contributed by atoms with van der Waals surface area (Å²) >= 11 is 3.29. The molecule has 1 aromatic rings. The maximum Gasteiger partial charge on any atom is 0.411 e. The van der Waals surface area contributed by atoms with Gasteiger partial charge in [0, 0.05) is 10.5 Å². The number of hydrogen-bond acceptors (Lipinski definition) is 2. The highest BCUT2D eigenvalue weighted by Crippen LogP contribution is 2.20. The van der Waals surface area contributed by atoms with Crippen molar-refractivity contribution in [3.05, 3.63) is 34.1 Å². The summed E-state index contributed by atoms with van der Waals surface area (Å²) in [5.41, 5.74) is 0.687. The van der Waals surface area contributed by atoms with Gasteiger partial charge in [0.2, 0.25) is 0 Å². The van der Waals surface area contributed by atoms with Crippen LogP contribution in [-0.4, -0.2) is 32.0 Å². The molecule has 0 radical (unpaired) electrons. The van der Waals surface area contributed by atoms with Gasteiger partial charge in [-0.3, -0.25) is 0 Å². The first kappa shape index (κ1) is 17.4. The molecule has 0 amide bonds. The molecule has 7 heteroatoms. The number of ether oxygens (including phenoxy) is 1. The molecule has 114 valence electrons. The summed E-state index contributed by atoms with van der Waals surface area (Å²) in [4.78, 5) is 0. The highest BCUT2D eigenvalue weighted by atomic mass is 79.9. The summed E-state index contributed by atoms with van der Waals surface area (Å²) in [5.74, 6) is -0.380. The highest BCUT2D eigenvalue weighted by Gasteiger charge is 2.28. The molecule has 0 aromatic heterocycles. The largest absolute Gasteiger partial charge is 0.411 e. The van der Waals surface area contributed by atoms with Crippen LogP contribution in [0.4, 0.5) is 17.6 Å². The molecule has 0 aliphatic carbocycles. The third kappa shape index (κ3) is 6.67. The van der Waals surface area contributed by atoms with E-state index < -0.39 is 12.8 Å². The van der Waals surface area contributed by atoms with Crippen LogP contribution in [0.15, 0.2) is 22.7 Å². The minimum atomic E-state index is -4.34. The molecular weight excluding hydrogens is 342 g/mol. The van der Waals surface area contributed by atoms with E-state index in [9.17, 15) is 17.6 Å². The van der Waals surface area contributed by atoms with E-state index in [4.69, 9.17) is 0 Å². The molecule has 0 heterocycles. The van der Waals surface area contributed by atoms with E-state index in [-0.39, 0.29) is 18.5 Å². The fourth-order valence-electron chi connectivity index (χ4n) is 1.76. The average Bonchev–Trinajstić information content (AvgIpc) is 2.32. The molecular formula is C13H16BrF4NO. The van der Waals surface area contributed by atoms with Crippen molar-refractivity contribution in [1.82, 2.24) is 5.32 Å². The van der Waals surface area contributed by atoms with Crippen LogP contribution >= 0.6 is 15.9 Å². The summed E-state index contributed by atoms with van der Waals surface area (Å²) in [6, 6.07) is 3.94. The van der Waals surface area contributed by atoms with Gasteiger partial charge in [-0.15, -0.1) is 0 Å². The number of nitrogens with one attached hydrogen (secondary N) is 1. The summed E-state index contributed by atoms with van der Waals surface area (Å²) in [6.07, 6.45) is -3.96. The van der Waals surface area contributed by atoms with Crippen LogP contribution in [0.5, 0.6) is 0 Å². The number of hydrogen-bond donors (Lipinski definition) is 1. The van der Waals surface area contributed by atoms with Gasteiger partial charge in [-0.1, -0.05) is 22.9 Å². The molecule has 0 aliphatic heterocycles. The van der Waals surface area contributed by atoms with Gasteiger partial charge in [-0.2, -0.15) is 13.2 Å². The normalized spacial score (nSPS) is 13.5. The molecule has 0 spiro atoms. The second kappa shape index (κ2) is 7.95. The lowest BCUT2D eigenvalue weighted by Crippen LogP contribution is -2.36. The molecule has 1 N–H and O–H groups in total. The molecule has 0 saturated heterocycles. The predicted molar refractivity (Wildman–Crippen MR) is 72.1 cm³/mol. The summed E-state index contributed by atoms with van der Waals surface area (Å²) < 4.78 is 54.6. The molecule has 20 heavy (non-hydrogen) atoms. The fraction of sp³-hybridized carbons (Fsp3) is 0.538.